The van der Waals surface area contributed by atoms with E-state index in [-0.39, 0.29) is 0 Å². The molecule has 0 aliphatic heterocycles. The highest BCUT2D eigenvalue weighted by atomic mass is 35.5. The largest absolute Gasteiger partial charge is 0.116 e. The normalized spacial score (nSPS) is 11.6. The maximum atomic E-state index is 6.34. The molecule has 0 saturated carbocycles. The van der Waals surface area contributed by atoms with Crippen molar-refractivity contribution < 1.29 is 0 Å². The van der Waals surface area contributed by atoms with E-state index in [1.54, 1.807) is 0 Å². The van der Waals surface area contributed by atoms with Gasteiger partial charge in [-0.05, 0) is 141 Å². The van der Waals surface area contributed by atoms with Crippen molar-refractivity contribution in [2.75, 3.05) is 0 Å². The minimum absolute atomic E-state index is 0.739. The van der Waals surface area contributed by atoms with Crippen LogP contribution in [0.25, 0.3) is 0 Å². The molecule has 0 aliphatic rings. The number of halogens is 3. The Hall–Kier alpha value is -1.82. The van der Waals surface area contributed by atoms with Gasteiger partial charge in [0.05, 0.1) is 6.16 Å². The van der Waals surface area contributed by atoms with E-state index in [9.17, 15) is 0 Å². The Balaban J connectivity index is 2.10. The number of benzene rings is 4. The van der Waals surface area contributed by atoms with E-state index in [1.807, 2.05) is 36.4 Å². The molecule has 0 aliphatic carbocycles. The summed E-state index contributed by atoms with van der Waals surface area (Å²) < 4.78 is 0. The Kier molecular flexibility index (Phi) is 7.47. The van der Waals surface area contributed by atoms with E-state index in [2.05, 4.69) is 71.0 Å². The molecule has 0 aromatic heterocycles. The third-order valence-corrected chi connectivity index (χ3v) is 12.4. The fourth-order valence-corrected chi connectivity index (χ4v) is 9.60. The summed E-state index contributed by atoms with van der Waals surface area (Å²) in [6.45, 7) is 11.3. The maximum absolute atomic E-state index is 6.34. The van der Waals surface area contributed by atoms with E-state index >= 15 is 0 Å². The van der Waals surface area contributed by atoms with Crippen LogP contribution in [0.5, 0.6) is 0 Å². The predicted molar refractivity (Wildman–Crippen MR) is 154 cm³/mol. The van der Waals surface area contributed by atoms with Crippen LogP contribution in [-0.4, -0.2) is 0 Å². The summed E-state index contributed by atoms with van der Waals surface area (Å²) in [5.74, 6) is 0. The SMILES string of the molecule is Cc1c(C)c(C)c(C[P+](c2ccc(Cl)cc2)(c2ccc(Cl)cc2)c2ccc(Cl)cc2)c(C)c1C. The van der Waals surface area contributed by atoms with E-state index in [0.717, 1.165) is 21.2 Å². The highest BCUT2D eigenvalue weighted by molar-refractivity contribution is 7.95. The lowest BCUT2D eigenvalue weighted by Crippen LogP contribution is -2.33. The highest BCUT2D eigenvalue weighted by Crippen LogP contribution is 2.59. The molecule has 0 amide bonds. The Morgan fingerprint density at radius 1 is 0.441 bits per heavy atom. The van der Waals surface area contributed by atoms with Gasteiger partial charge in [-0.2, -0.15) is 0 Å². The highest BCUT2D eigenvalue weighted by Gasteiger charge is 2.46. The van der Waals surface area contributed by atoms with Gasteiger partial charge in [-0.1, -0.05) is 34.8 Å². The minimum atomic E-state index is -2.12. The monoisotopic (exact) mass is 525 g/mol. The van der Waals surface area contributed by atoms with Gasteiger partial charge in [-0.15, -0.1) is 0 Å². The van der Waals surface area contributed by atoms with Crippen LogP contribution in [0.2, 0.25) is 15.1 Å². The molecule has 0 heterocycles. The van der Waals surface area contributed by atoms with Crippen LogP contribution in [0.1, 0.15) is 33.4 Å². The van der Waals surface area contributed by atoms with Crippen molar-refractivity contribution in [2.45, 2.75) is 40.8 Å². The van der Waals surface area contributed by atoms with Crippen molar-refractivity contribution in [1.29, 1.82) is 0 Å². The Bertz CT molecular complexity index is 1180. The van der Waals surface area contributed by atoms with Crippen LogP contribution in [0.4, 0.5) is 0 Å². The average molecular weight is 527 g/mol. The molecule has 174 valence electrons. The number of hydrogen-bond acceptors (Lipinski definition) is 0. The maximum Gasteiger partial charge on any atom is 0.116 e. The van der Waals surface area contributed by atoms with E-state index < -0.39 is 7.26 Å². The Morgan fingerprint density at radius 3 is 1.00 bits per heavy atom. The molecule has 0 bridgehead atoms. The van der Waals surface area contributed by atoms with Gasteiger partial charge in [0.25, 0.3) is 0 Å². The van der Waals surface area contributed by atoms with Gasteiger partial charge in [0, 0.05) is 15.1 Å². The zero-order valence-electron chi connectivity index (χ0n) is 20.2. The first kappa shape index (κ1) is 25.3. The van der Waals surface area contributed by atoms with Crippen molar-refractivity contribution in [3.8, 4) is 0 Å². The van der Waals surface area contributed by atoms with Crippen LogP contribution < -0.4 is 15.9 Å². The Labute approximate surface area is 219 Å². The number of rotatable bonds is 5. The van der Waals surface area contributed by atoms with Gasteiger partial charge in [0.2, 0.25) is 0 Å². The molecule has 4 rings (SSSR count). The van der Waals surface area contributed by atoms with Gasteiger partial charge >= 0.3 is 0 Å². The second-order valence-electron chi connectivity index (χ2n) is 9.00. The molecule has 0 saturated heterocycles. The lowest BCUT2D eigenvalue weighted by atomic mass is 9.90. The van der Waals surface area contributed by atoms with Crippen LogP contribution in [0, 0.1) is 34.6 Å². The second-order valence-corrected chi connectivity index (χ2v) is 13.8. The lowest BCUT2D eigenvalue weighted by molar-refractivity contribution is 1.11. The first-order chi connectivity index (χ1) is 16.1. The second kappa shape index (κ2) is 10.0. The third-order valence-electron chi connectivity index (χ3n) is 7.35. The molecule has 0 radical (unpaired) electrons. The van der Waals surface area contributed by atoms with E-state index in [4.69, 9.17) is 34.8 Å². The summed E-state index contributed by atoms with van der Waals surface area (Å²) in [4.78, 5) is 0. The van der Waals surface area contributed by atoms with Gasteiger partial charge in [0.15, 0.2) is 0 Å². The topological polar surface area (TPSA) is 0 Å². The van der Waals surface area contributed by atoms with Gasteiger partial charge in [0.1, 0.15) is 23.2 Å². The summed E-state index contributed by atoms with van der Waals surface area (Å²) in [5, 5.41) is 6.08. The van der Waals surface area contributed by atoms with Crippen molar-refractivity contribution >= 4 is 58.0 Å². The molecular formula is C30H29Cl3P+. The molecule has 0 nitrogen and oxygen atoms in total. The van der Waals surface area contributed by atoms with Crippen molar-refractivity contribution in [3.05, 3.63) is 121 Å². The van der Waals surface area contributed by atoms with Gasteiger partial charge in [-0.25, -0.2) is 0 Å². The summed E-state index contributed by atoms with van der Waals surface area (Å²) in [6.07, 6.45) is 0.914. The van der Waals surface area contributed by atoms with Crippen molar-refractivity contribution in [1.82, 2.24) is 0 Å². The summed E-state index contributed by atoms with van der Waals surface area (Å²) in [5.41, 5.74) is 8.31. The van der Waals surface area contributed by atoms with Crippen LogP contribution in [-0.2, 0) is 6.16 Å². The first-order valence-electron chi connectivity index (χ1n) is 11.4. The van der Waals surface area contributed by atoms with Gasteiger partial charge < -0.3 is 0 Å². The first-order valence-corrected chi connectivity index (χ1v) is 14.5. The molecule has 0 N–H and O–H groups in total. The van der Waals surface area contributed by atoms with Crippen LogP contribution in [0.15, 0.2) is 72.8 Å². The molecule has 0 unspecified atom stereocenters. The zero-order valence-corrected chi connectivity index (χ0v) is 23.4. The zero-order chi connectivity index (χ0) is 24.6. The fraction of sp³-hybridized carbons (Fsp3) is 0.200. The molecule has 34 heavy (non-hydrogen) atoms. The quantitative estimate of drug-likeness (QED) is 0.228. The third kappa shape index (κ3) is 4.55. The molecular weight excluding hydrogens is 498 g/mol. The summed E-state index contributed by atoms with van der Waals surface area (Å²) >= 11 is 19.0. The average Bonchev–Trinajstić information content (AvgIpc) is 2.84. The predicted octanol–water partition coefficient (Wildman–Crippen LogP) is 8.68. The van der Waals surface area contributed by atoms with E-state index in [0.29, 0.717) is 0 Å². The summed E-state index contributed by atoms with van der Waals surface area (Å²) in [7, 11) is -2.12. The molecule has 0 spiro atoms. The minimum Gasteiger partial charge on any atom is -0.0843 e. The van der Waals surface area contributed by atoms with Crippen molar-refractivity contribution in [2.24, 2.45) is 0 Å². The van der Waals surface area contributed by atoms with Crippen LogP contribution >= 0.6 is 42.1 Å². The van der Waals surface area contributed by atoms with Gasteiger partial charge in [-0.3, -0.25) is 0 Å². The molecule has 4 aromatic carbocycles. The fourth-order valence-electron chi connectivity index (χ4n) is 4.86. The molecule has 4 aromatic rings. The lowest BCUT2D eigenvalue weighted by Gasteiger charge is -2.30. The smallest absolute Gasteiger partial charge is 0.0843 e. The van der Waals surface area contributed by atoms with Crippen LogP contribution in [0.3, 0.4) is 0 Å². The number of hydrogen-bond donors (Lipinski definition) is 0. The molecule has 0 fully saturated rings. The summed E-state index contributed by atoms with van der Waals surface area (Å²) in [6, 6.07) is 25.2. The standard InChI is InChI=1S/C30H29Cl3P/c1-19-20(2)22(4)30(23(5)21(19)3)18-34(27-12-6-24(31)7-13-27,28-14-8-25(32)9-15-28)29-16-10-26(33)11-17-29/h6-17H,18H2,1-5H3/q+1. The molecule has 4 heteroatoms. The van der Waals surface area contributed by atoms with Crippen molar-refractivity contribution in [3.63, 3.8) is 0 Å². The molecule has 0 atom stereocenters. The van der Waals surface area contributed by atoms with E-state index in [1.165, 1.54) is 49.3 Å². The Morgan fingerprint density at radius 2 is 0.706 bits per heavy atom.